The minimum absolute atomic E-state index is 0.0738. The second-order valence-corrected chi connectivity index (χ2v) is 4.17. The molecule has 2 atom stereocenters. The average molecular weight is 244 g/mol. The van der Waals surface area contributed by atoms with Crippen molar-refractivity contribution in [1.29, 1.82) is 0 Å². The summed E-state index contributed by atoms with van der Waals surface area (Å²) in [7, 11) is 0. The summed E-state index contributed by atoms with van der Waals surface area (Å²) >= 11 is 0. The highest BCUT2D eigenvalue weighted by Gasteiger charge is 2.60. The van der Waals surface area contributed by atoms with Crippen molar-refractivity contribution in [3.63, 3.8) is 0 Å². The lowest BCUT2D eigenvalue weighted by Gasteiger charge is -2.11. The number of epoxide rings is 1. The zero-order chi connectivity index (χ0) is 12.9. The molecule has 98 valence electrons. The van der Waals surface area contributed by atoms with Crippen LogP contribution in [0.15, 0.2) is 0 Å². The SMILES string of the molecule is CCOC(=O)C1(CCCCOC(C)=O)OC1C. The Bertz CT molecular complexity index is 289. The molecule has 0 radical (unpaired) electrons. The highest BCUT2D eigenvalue weighted by molar-refractivity contribution is 5.83. The van der Waals surface area contributed by atoms with E-state index >= 15 is 0 Å². The van der Waals surface area contributed by atoms with E-state index in [1.54, 1.807) is 6.92 Å². The predicted molar refractivity (Wildman–Crippen MR) is 60.4 cm³/mol. The van der Waals surface area contributed by atoms with Crippen LogP contribution in [0.4, 0.5) is 0 Å². The lowest BCUT2D eigenvalue weighted by atomic mass is 9.99. The van der Waals surface area contributed by atoms with Crippen LogP contribution in [-0.4, -0.2) is 36.9 Å². The number of ether oxygens (including phenoxy) is 3. The molecule has 5 heteroatoms. The third-order valence-electron chi connectivity index (χ3n) is 2.86. The Hall–Kier alpha value is -1.10. The van der Waals surface area contributed by atoms with Crippen molar-refractivity contribution in [3.05, 3.63) is 0 Å². The first-order valence-corrected chi connectivity index (χ1v) is 6.01. The minimum atomic E-state index is -0.744. The first kappa shape index (κ1) is 14.0. The van der Waals surface area contributed by atoms with Crippen LogP contribution in [0.5, 0.6) is 0 Å². The summed E-state index contributed by atoms with van der Waals surface area (Å²) in [6, 6.07) is 0. The van der Waals surface area contributed by atoms with E-state index in [-0.39, 0.29) is 18.0 Å². The van der Waals surface area contributed by atoms with Crippen molar-refractivity contribution in [1.82, 2.24) is 0 Å². The summed E-state index contributed by atoms with van der Waals surface area (Å²) in [5.74, 6) is -0.555. The maximum Gasteiger partial charge on any atom is 0.341 e. The number of hydrogen-bond acceptors (Lipinski definition) is 5. The Labute approximate surface area is 101 Å². The van der Waals surface area contributed by atoms with Crippen molar-refractivity contribution in [2.45, 2.75) is 51.7 Å². The number of esters is 2. The van der Waals surface area contributed by atoms with E-state index in [1.807, 2.05) is 6.92 Å². The van der Waals surface area contributed by atoms with Gasteiger partial charge in [0.1, 0.15) is 0 Å². The molecule has 0 aromatic carbocycles. The van der Waals surface area contributed by atoms with E-state index < -0.39 is 5.60 Å². The van der Waals surface area contributed by atoms with Crippen molar-refractivity contribution in [2.75, 3.05) is 13.2 Å². The Kier molecular flexibility index (Phi) is 4.93. The van der Waals surface area contributed by atoms with Gasteiger partial charge in [-0.2, -0.15) is 0 Å². The van der Waals surface area contributed by atoms with Gasteiger partial charge in [0.05, 0.1) is 19.3 Å². The Morgan fingerprint density at radius 3 is 2.41 bits per heavy atom. The number of unbranched alkanes of at least 4 members (excludes halogenated alkanes) is 1. The molecule has 0 aliphatic carbocycles. The number of hydrogen-bond donors (Lipinski definition) is 0. The quantitative estimate of drug-likeness (QED) is 0.385. The van der Waals surface area contributed by atoms with Gasteiger partial charge in [0, 0.05) is 6.92 Å². The fourth-order valence-corrected chi connectivity index (χ4v) is 1.82. The molecule has 1 rings (SSSR count). The molecule has 0 amide bonds. The third-order valence-corrected chi connectivity index (χ3v) is 2.86. The van der Waals surface area contributed by atoms with Gasteiger partial charge in [-0.3, -0.25) is 4.79 Å². The van der Waals surface area contributed by atoms with E-state index in [0.717, 1.165) is 12.8 Å². The minimum Gasteiger partial charge on any atom is -0.466 e. The van der Waals surface area contributed by atoms with E-state index in [4.69, 9.17) is 14.2 Å². The van der Waals surface area contributed by atoms with Gasteiger partial charge in [-0.05, 0) is 33.1 Å². The molecule has 0 N–H and O–H groups in total. The first-order chi connectivity index (χ1) is 8.03. The van der Waals surface area contributed by atoms with Crippen LogP contribution in [-0.2, 0) is 23.8 Å². The Morgan fingerprint density at radius 2 is 1.94 bits per heavy atom. The number of rotatable bonds is 7. The lowest BCUT2D eigenvalue weighted by molar-refractivity contribution is -0.150. The Morgan fingerprint density at radius 1 is 1.29 bits per heavy atom. The second-order valence-electron chi connectivity index (χ2n) is 4.17. The number of carbonyl (C=O) groups is 2. The maximum atomic E-state index is 11.7. The highest BCUT2D eigenvalue weighted by Crippen LogP contribution is 2.41. The number of carbonyl (C=O) groups excluding carboxylic acids is 2. The molecule has 1 aliphatic rings. The van der Waals surface area contributed by atoms with Crippen LogP contribution >= 0.6 is 0 Å². The maximum absolute atomic E-state index is 11.7. The molecule has 0 spiro atoms. The molecule has 1 aliphatic heterocycles. The van der Waals surface area contributed by atoms with Crippen molar-refractivity contribution < 1.29 is 23.8 Å². The van der Waals surface area contributed by atoms with E-state index in [9.17, 15) is 9.59 Å². The third kappa shape index (κ3) is 3.70. The molecule has 0 bridgehead atoms. The zero-order valence-electron chi connectivity index (χ0n) is 10.7. The van der Waals surface area contributed by atoms with Crippen LogP contribution in [0.2, 0.25) is 0 Å². The van der Waals surface area contributed by atoms with Crippen molar-refractivity contribution in [2.24, 2.45) is 0 Å². The molecular formula is C12H20O5. The summed E-state index contributed by atoms with van der Waals surface area (Å²) in [5.41, 5.74) is -0.744. The van der Waals surface area contributed by atoms with Gasteiger partial charge < -0.3 is 14.2 Å². The molecule has 5 nitrogen and oxygen atoms in total. The molecular weight excluding hydrogens is 224 g/mol. The molecule has 0 aromatic heterocycles. The average Bonchev–Trinajstić information content (AvgIpc) is 2.90. The van der Waals surface area contributed by atoms with Crippen LogP contribution in [0.1, 0.15) is 40.0 Å². The molecule has 0 saturated carbocycles. The first-order valence-electron chi connectivity index (χ1n) is 6.01. The van der Waals surface area contributed by atoms with Gasteiger partial charge in [0.2, 0.25) is 0 Å². The monoisotopic (exact) mass is 244 g/mol. The Balaban J connectivity index is 2.24. The molecule has 2 unspecified atom stereocenters. The van der Waals surface area contributed by atoms with Gasteiger partial charge >= 0.3 is 11.9 Å². The molecule has 1 fully saturated rings. The van der Waals surface area contributed by atoms with Gasteiger partial charge in [-0.1, -0.05) is 0 Å². The van der Waals surface area contributed by atoms with Crippen LogP contribution in [0.3, 0.4) is 0 Å². The predicted octanol–water partition coefficient (Wildman–Crippen LogP) is 1.44. The van der Waals surface area contributed by atoms with Crippen LogP contribution < -0.4 is 0 Å². The van der Waals surface area contributed by atoms with Gasteiger partial charge in [0.25, 0.3) is 0 Å². The smallest absolute Gasteiger partial charge is 0.341 e. The van der Waals surface area contributed by atoms with Crippen molar-refractivity contribution >= 4 is 11.9 Å². The largest absolute Gasteiger partial charge is 0.466 e. The van der Waals surface area contributed by atoms with Crippen LogP contribution in [0, 0.1) is 0 Å². The molecule has 0 aromatic rings. The summed E-state index contributed by atoms with van der Waals surface area (Å²) in [6.45, 7) is 5.78. The van der Waals surface area contributed by atoms with E-state index in [1.165, 1.54) is 6.92 Å². The molecule has 1 saturated heterocycles. The molecule has 17 heavy (non-hydrogen) atoms. The topological polar surface area (TPSA) is 65.1 Å². The summed E-state index contributed by atoms with van der Waals surface area (Å²) in [6.07, 6.45) is 2.05. The van der Waals surface area contributed by atoms with Crippen molar-refractivity contribution in [3.8, 4) is 0 Å². The highest BCUT2D eigenvalue weighted by atomic mass is 16.7. The van der Waals surface area contributed by atoms with Gasteiger partial charge in [-0.25, -0.2) is 4.79 Å². The fraction of sp³-hybridized carbons (Fsp3) is 0.833. The second kappa shape index (κ2) is 6.00. The molecule has 1 heterocycles. The summed E-state index contributed by atoms with van der Waals surface area (Å²) in [5, 5.41) is 0. The van der Waals surface area contributed by atoms with Gasteiger partial charge in [0.15, 0.2) is 5.60 Å². The fourth-order valence-electron chi connectivity index (χ4n) is 1.82. The summed E-state index contributed by atoms with van der Waals surface area (Å²) in [4.78, 5) is 22.2. The van der Waals surface area contributed by atoms with Gasteiger partial charge in [-0.15, -0.1) is 0 Å². The van der Waals surface area contributed by atoms with E-state index in [0.29, 0.717) is 19.6 Å². The lowest BCUT2D eigenvalue weighted by Crippen LogP contribution is -2.29. The van der Waals surface area contributed by atoms with E-state index in [2.05, 4.69) is 0 Å². The summed E-state index contributed by atoms with van der Waals surface area (Å²) < 4.78 is 15.2. The standard InChI is InChI=1S/C12H20O5/c1-4-15-11(14)12(9(2)17-12)7-5-6-8-16-10(3)13/h9H,4-8H2,1-3H3. The zero-order valence-corrected chi connectivity index (χ0v) is 10.7. The van der Waals surface area contributed by atoms with Crippen LogP contribution in [0.25, 0.3) is 0 Å². The normalized spacial score (nSPS) is 26.4.